The first-order chi connectivity index (χ1) is 5.83. The highest BCUT2D eigenvalue weighted by Crippen LogP contribution is 2.30. The van der Waals surface area contributed by atoms with Crippen molar-refractivity contribution in [3.05, 3.63) is 30.3 Å². The summed E-state index contributed by atoms with van der Waals surface area (Å²) >= 11 is 0. The summed E-state index contributed by atoms with van der Waals surface area (Å²) in [6.45, 7) is 3.64. The van der Waals surface area contributed by atoms with E-state index in [2.05, 4.69) is 27.6 Å². The fourth-order valence-electron chi connectivity index (χ4n) is 0.883. The van der Waals surface area contributed by atoms with Crippen molar-refractivity contribution in [1.82, 2.24) is 0 Å². The van der Waals surface area contributed by atoms with Crippen LogP contribution in [0.4, 0.5) is 0 Å². The Hall–Kier alpha value is -1.01. The Bertz CT molecular complexity index is 286. The van der Waals surface area contributed by atoms with Gasteiger partial charge in [0.2, 0.25) is 0 Å². The zero-order chi connectivity index (χ0) is 8.97. The van der Waals surface area contributed by atoms with Crippen LogP contribution in [0.2, 0.25) is 0 Å². The maximum absolute atomic E-state index is 4.94. The number of hydrogen-bond acceptors (Lipinski definition) is 2. The molecule has 0 fully saturated rings. The van der Waals surface area contributed by atoms with Crippen molar-refractivity contribution in [2.75, 3.05) is 0 Å². The van der Waals surface area contributed by atoms with Crippen LogP contribution >= 0.6 is 0 Å². The van der Waals surface area contributed by atoms with Crippen LogP contribution in [-0.4, -0.2) is 21.0 Å². The highest BCUT2D eigenvalue weighted by Gasteiger charge is 2.04. The molecule has 12 heavy (non-hydrogen) atoms. The highest BCUT2D eigenvalue weighted by molar-refractivity contribution is 6.02. The molecule has 2 nitrogen and oxygen atoms in total. The van der Waals surface area contributed by atoms with E-state index in [4.69, 9.17) is 8.85 Å². The predicted octanol–water partition coefficient (Wildman–Crippen LogP) is 1.25. The Morgan fingerprint density at radius 1 is 1.25 bits per heavy atom. The van der Waals surface area contributed by atoms with Crippen LogP contribution in [0.5, 0.6) is 11.5 Å². The van der Waals surface area contributed by atoms with E-state index in [1.807, 2.05) is 12.1 Å². The lowest BCUT2D eigenvalue weighted by atomic mass is 10.2. The normalized spacial score (nSPS) is 9.17. The average Bonchev–Trinajstić information content (AvgIpc) is 2.16. The molecule has 4 heteroatoms. The van der Waals surface area contributed by atoms with Crippen LogP contribution in [0.15, 0.2) is 24.8 Å². The summed E-state index contributed by atoms with van der Waals surface area (Å²) in [6.07, 6.45) is 1.68. The van der Waals surface area contributed by atoms with Crippen molar-refractivity contribution in [3.63, 3.8) is 0 Å². The van der Waals surface area contributed by atoms with Crippen molar-refractivity contribution < 1.29 is 8.85 Å². The fourth-order valence-corrected chi connectivity index (χ4v) is 1.26. The van der Waals surface area contributed by atoms with Gasteiger partial charge in [-0.25, -0.2) is 0 Å². The first kappa shape index (κ1) is 9.08. The Balaban J connectivity index is 3.21. The molecule has 1 rings (SSSR count). The molecule has 0 bridgehead atoms. The molecule has 1 aromatic carbocycles. The summed E-state index contributed by atoms with van der Waals surface area (Å²) in [5.74, 6) is 1.19. The van der Waals surface area contributed by atoms with Crippen molar-refractivity contribution >= 4 is 27.0 Å². The number of hydrogen-bond donors (Lipinski definition) is 0. The zero-order valence-corrected chi connectivity index (χ0v) is 8.33. The van der Waals surface area contributed by atoms with Gasteiger partial charge in [-0.1, -0.05) is 24.8 Å². The van der Waals surface area contributed by atoms with Gasteiger partial charge in [0.1, 0.15) is 5.75 Å². The van der Waals surface area contributed by atoms with Gasteiger partial charge < -0.3 is 8.85 Å². The molecule has 0 aliphatic rings. The van der Waals surface area contributed by atoms with Crippen LogP contribution in [-0.2, 0) is 0 Å². The second-order valence-electron chi connectivity index (χ2n) is 2.08. The topological polar surface area (TPSA) is 18.5 Å². The Morgan fingerprint density at radius 3 is 2.50 bits per heavy atom. The number of rotatable bonds is 3. The molecule has 0 heterocycles. The van der Waals surface area contributed by atoms with Crippen molar-refractivity contribution in [3.8, 4) is 11.5 Å². The zero-order valence-electron chi connectivity index (χ0n) is 6.33. The third-order valence-electron chi connectivity index (χ3n) is 1.44. The molecule has 58 valence electrons. The molecule has 0 aromatic heterocycles. The predicted molar refractivity (Wildman–Crippen MR) is 49.3 cm³/mol. The minimum atomic E-state index is 0.596. The SMILES string of the molecule is C=Cc1cccc(O[Si])c1O[Si]. The standard InChI is InChI=1S/C8H6O2Si2/c1-2-6-4-3-5-7(9-11)8(6)10-12/h2-5H,1H2. The van der Waals surface area contributed by atoms with Crippen molar-refractivity contribution in [2.45, 2.75) is 0 Å². The first-order valence-electron chi connectivity index (χ1n) is 3.26. The molecule has 0 N–H and O–H groups in total. The lowest BCUT2D eigenvalue weighted by Gasteiger charge is -2.09. The third-order valence-corrected chi connectivity index (χ3v) is 1.87. The van der Waals surface area contributed by atoms with E-state index in [1.165, 1.54) is 0 Å². The average molecular weight is 190 g/mol. The lowest BCUT2D eigenvalue weighted by Crippen LogP contribution is -1.94. The van der Waals surface area contributed by atoms with Crippen LogP contribution < -0.4 is 8.85 Å². The highest BCUT2D eigenvalue weighted by atomic mass is 28.2. The molecular weight excluding hydrogens is 184 g/mol. The van der Waals surface area contributed by atoms with E-state index < -0.39 is 0 Å². The summed E-state index contributed by atoms with van der Waals surface area (Å²) in [6, 6.07) is 5.49. The van der Waals surface area contributed by atoms with Gasteiger partial charge in [0.05, 0.1) is 0 Å². The summed E-state index contributed by atoms with van der Waals surface area (Å²) in [4.78, 5) is 0. The molecule has 0 aliphatic heterocycles. The van der Waals surface area contributed by atoms with Gasteiger partial charge in [-0.3, -0.25) is 0 Å². The fraction of sp³-hybridized carbons (Fsp3) is 0. The molecule has 0 atom stereocenters. The van der Waals surface area contributed by atoms with E-state index in [0.29, 0.717) is 11.5 Å². The van der Waals surface area contributed by atoms with E-state index in [9.17, 15) is 0 Å². The summed E-state index contributed by atoms with van der Waals surface area (Å²) < 4.78 is 9.82. The molecular formula is C8H6O2Si2. The second kappa shape index (κ2) is 4.13. The van der Waals surface area contributed by atoms with Gasteiger partial charge in [0.15, 0.2) is 5.75 Å². The van der Waals surface area contributed by atoms with E-state index >= 15 is 0 Å². The summed E-state index contributed by atoms with van der Waals surface area (Å²) in [5.41, 5.74) is 0.862. The maximum Gasteiger partial charge on any atom is 0.341 e. The van der Waals surface area contributed by atoms with Gasteiger partial charge in [-0.05, 0) is 6.07 Å². The Kier molecular flexibility index (Phi) is 3.13. The smallest absolute Gasteiger partial charge is 0.341 e. The quantitative estimate of drug-likeness (QED) is 0.668. The van der Waals surface area contributed by atoms with Crippen molar-refractivity contribution in [1.29, 1.82) is 0 Å². The summed E-state index contributed by atoms with van der Waals surface area (Å²) in [5, 5.41) is 0. The minimum Gasteiger partial charge on any atom is -0.538 e. The molecule has 1 aromatic rings. The van der Waals surface area contributed by atoms with Gasteiger partial charge in [-0.2, -0.15) is 0 Å². The second-order valence-corrected chi connectivity index (χ2v) is 2.49. The van der Waals surface area contributed by atoms with E-state index in [0.717, 1.165) is 5.56 Å². The van der Waals surface area contributed by atoms with Gasteiger partial charge in [-0.15, -0.1) is 0 Å². The van der Waals surface area contributed by atoms with Crippen molar-refractivity contribution in [2.24, 2.45) is 0 Å². The Labute approximate surface area is 78.3 Å². The van der Waals surface area contributed by atoms with Gasteiger partial charge in [0.25, 0.3) is 0 Å². The van der Waals surface area contributed by atoms with Gasteiger partial charge in [0, 0.05) is 5.56 Å². The van der Waals surface area contributed by atoms with Gasteiger partial charge >= 0.3 is 21.0 Å². The summed E-state index contributed by atoms with van der Waals surface area (Å²) in [7, 11) is 5.86. The molecule has 0 spiro atoms. The van der Waals surface area contributed by atoms with Crippen LogP contribution in [0.3, 0.4) is 0 Å². The molecule has 0 amide bonds. The molecule has 0 aliphatic carbocycles. The maximum atomic E-state index is 4.94. The lowest BCUT2D eigenvalue weighted by molar-refractivity contribution is 0.540. The Morgan fingerprint density at radius 2 is 2.00 bits per heavy atom. The minimum absolute atomic E-state index is 0.596. The largest absolute Gasteiger partial charge is 0.538 e. The van der Waals surface area contributed by atoms with Crippen LogP contribution in [0.1, 0.15) is 5.56 Å². The first-order valence-corrected chi connectivity index (χ1v) is 4.07. The van der Waals surface area contributed by atoms with E-state index in [-0.39, 0.29) is 0 Å². The van der Waals surface area contributed by atoms with Crippen LogP contribution in [0, 0.1) is 0 Å². The third kappa shape index (κ3) is 1.59. The molecule has 0 unspecified atom stereocenters. The number of benzene rings is 1. The monoisotopic (exact) mass is 190 g/mol. The van der Waals surface area contributed by atoms with E-state index in [1.54, 1.807) is 12.1 Å². The molecule has 0 saturated heterocycles. The number of para-hydroxylation sites is 1. The molecule has 0 saturated carbocycles. The van der Waals surface area contributed by atoms with Crippen LogP contribution in [0.25, 0.3) is 6.08 Å². The molecule has 6 radical (unpaired) electrons.